The van der Waals surface area contributed by atoms with Crippen molar-refractivity contribution in [2.75, 3.05) is 36.7 Å². The average molecular weight is 571 g/mol. The first-order valence-electron chi connectivity index (χ1n) is 10.3. The Morgan fingerprint density at radius 1 is 1.19 bits per heavy atom. The molecule has 2 heterocycles. The number of nitrogens with zero attached hydrogens (tertiary/aromatic N) is 2. The number of hydrogen-bond acceptors (Lipinski definition) is 3. The number of aliphatic imine (C=N–C) groups is 1. The molecule has 1 aliphatic heterocycles. The van der Waals surface area contributed by atoms with Gasteiger partial charge in [0, 0.05) is 43.8 Å². The van der Waals surface area contributed by atoms with Crippen LogP contribution in [0.4, 0.5) is 10.1 Å². The zero-order chi connectivity index (χ0) is 21.8. The molecule has 172 valence electrons. The summed E-state index contributed by atoms with van der Waals surface area (Å²) in [4.78, 5) is 7.24. The summed E-state index contributed by atoms with van der Waals surface area (Å²) in [6.45, 7) is 1.35. The van der Waals surface area contributed by atoms with Gasteiger partial charge in [-0.3, -0.25) is 9.30 Å². The molecule has 2 aromatic carbocycles. The van der Waals surface area contributed by atoms with E-state index in [1.54, 1.807) is 13.1 Å². The van der Waals surface area contributed by atoms with Crippen LogP contribution < -0.4 is 14.9 Å². The molecule has 4 rings (SSSR count). The zero-order valence-electron chi connectivity index (χ0n) is 17.8. The number of para-hydroxylation sites is 1. The Morgan fingerprint density at radius 3 is 2.78 bits per heavy atom. The van der Waals surface area contributed by atoms with E-state index in [0.29, 0.717) is 19.0 Å². The number of guanidine groups is 1. The molecule has 0 atom stereocenters. The van der Waals surface area contributed by atoms with E-state index in [1.807, 2.05) is 30.5 Å². The monoisotopic (exact) mass is 571 g/mol. The number of hydrogen-bond donors (Lipinski definition) is 3. The molecular formula is C22H27FIN5O2S. The Morgan fingerprint density at radius 2 is 1.97 bits per heavy atom. The molecule has 7 nitrogen and oxygen atoms in total. The minimum Gasteiger partial charge on any atom is -0.361 e. The van der Waals surface area contributed by atoms with E-state index in [1.165, 1.54) is 16.4 Å². The van der Waals surface area contributed by atoms with Crippen molar-refractivity contribution in [3.05, 3.63) is 65.6 Å². The van der Waals surface area contributed by atoms with Crippen LogP contribution in [0.5, 0.6) is 0 Å². The van der Waals surface area contributed by atoms with E-state index in [0.717, 1.165) is 40.6 Å². The molecule has 0 unspecified atom stereocenters. The third kappa shape index (κ3) is 5.34. The second-order valence-electron chi connectivity index (χ2n) is 7.45. The summed E-state index contributed by atoms with van der Waals surface area (Å²) in [5.74, 6) is 0.259. The van der Waals surface area contributed by atoms with Crippen molar-refractivity contribution >= 4 is 56.5 Å². The molecule has 1 aromatic heterocycles. The average Bonchev–Trinajstić information content (AvgIpc) is 3.37. The number of sulfonamides is 1. The predicted molar refractivity (Wildman–Crippen MR) is 138 cm³/mol. The second kappa shape index (κ2) is 10.5. The number of nitrogens with one attached hydrogen (secondary N) is 3. The smallest absolute Gasteiger partial charge is 0.236 e. The molecule has 3 N–H and O–H groups in total. The van der Waals surface area contributed by atoms with Crippen molar-refractivity contribution in [3.8, 4) is 0 Å². The number of anilines is 1. The highest BCUT2D eigenvalue weighted by Gasteiger charge is 2.28. The van der Waals surface area contributed by atoms with Gasteiger partial charge in [0.2, 0.25) is 10.0 Å². The standard InChI is InChI=1S/C22H26FN5O2S.HI/c1-24-22(25-10-8-17-15-27-20-14-18(23)6-7-19(17)20)26-11-13-31(29,30)28-12-9-16-4-2-3-5-21(16)28;/h2-7,14-15,27H,8-13H2,1H3,(H2,24,25,26);1H. The van der Waals surface area contributed by atoms with Crippen LogP contribution in [-0.4, -0.2) is 51.8 Å². The number of fused-ring (bicyclic) bond motifs is 2. The van der Waals surface area contributed by atoms with E-state index >= 15 is 0 Å². The highest BCUT2D eigenvalue weighted by molar-refractivity contribution is 14.0. The van der Waals surface area contributed by atoms with Gasteiger partial charge in [-0.05, 0) is 48.2 Å². The van der Waals surface area contributed by atoms with E-state index < -0.39 is 10.0 Å². The SMILES string of the molecule is CN=C(NCCc1c[nH]c2cc(F)ccc12)NCCS(=O)(=O)N1CCc2ccccc21.I. The fourth-order valence-electron chi connectivity index (χ4n) is 3.91. The van der Waals surface area contributed by atoms with Crippen molar-refractivity contribution in [1.29, 1.82) is 0 Å². The van der Waals surface area contributed by atoms with Crippen molar-refractivity contribution < 1.29 is 12.8 Å². The van der Waals surface area contributed by atoms with E-state index in [2.05, 4.69) is 20.6 Å². The lowest BCUT2D eigenvalue weighted by Gasteiger charge is -2.20. The van der Waals surface area contributed by atoms with Gasteiger partial charge < -0.3 is 15.6 Å². The zero-order valence-corrected chi connectivity index (χ0v) is 20.9. The van der Waals surface area contributed by atoms with Crippen LogP contribution in [0.2, 0.25) is 0 Å². The lowest BCUT2D eigenvalue weighted by molar-refractivity contribution is 0.591. The number of halogens is 2. The molecular weight excluding hydrogens is 544 g/mol. The first kappa shape index (κ1) is 24.3. The summed E-state index contributed by atoms with van der Waals surface area (Å²) in [7, 11) is -1.76. The largest absolute Gasteiger partial charge is 0.361 e. The summed E-state index contributed by atoms with van der Waals surface area (Å²) in [6.07, 6.45) is 3.34. The summed E-state index contributed by atoms with van der Waals surface area (Å²) in [5, 5.41) is 7.26. The molecule has 0 saturated carbocycles. The lowest BCUT2D eigenvalue weighted by Crippen LogP contribution is -2.42. The topological polar surface area (TPSA) is 89.6 Å². The first-order chi connectivity index (χ1) is 15.0. The Balaban J connectivity index is 0.00000289. The molecule has 3 aromatic rings. The lowest BCUT2D eigenvalue weighted by atomic mass is 10.1. The van der Waals surface area contributed by atoms with Crippen LogP contribution >= 0.6 is 24.0 Å². The van der Waals surface area contributed by atoms with Crippen molar-refractivity contribution in [3.63, 3.8) is 0 Å². The van der Waals surface area contributed by atoms with Gasteiger partial charge >= 0.3 is 0 Å². The molecule has 0 saturated heterocycles. The van der Waals surface area contributed by atoms with Gasteiger partial charge in [-0.25, -0.2) is 12.8 Å². The van der Waals surface area contributed by atoms with E-state index in [4.69, 9.17) is 0 Å². The van der Waals surface area contributed by atoms with Gasteiger partial charge in [-0.2, -0.15) is 0 Å². The third-order valence-electron chi connectivity index (χ3n) is 5.47. The van der Waals surface area contributed by atoms with Crippen LogP contribution in [0.15, 0.2) is 53.7 Å². The molecule has 0 amide bonds. The normalized spacial score (nSPS) is 13.7. The van der Waals surface area contributed by atoms with Crippen molar-refractivity contribution in [2.45, 2.75) is 12.8 Å². The Bertz CT molecular complexity index is 1210. The first-order valence-corrected chi connectivity index (χ1v) is 11.9. The summed E-state index contributed by atoms with van der Waals surface area (Å²) >= 11 is 0. The fraction of sp³-hybridized carbons (Fsp3) is 0.318. The van der Waals surface area contributed by atoms with E-state index in [9.17, 15) is 12.8 Å². The highest BCUT2D eigenvalue weighted by Crippen LogP contribution is 2.29. The molecule has 0 bridgehead atoms. The van der Waals surface area contributed by atoms with Gasteiger partial charge in [0.05, 0.1) is 11.4 Å². The predicted octanol–water partition coefficient (Wildman–Crippen LogP) is 3.03. The van der Waals surface area contributed by atoms with Gasteiger partial charge in [0.25, 0.3) is 0 Å². The minimum atomic E-state index is -3.41. The Labute approximate surface area is 204 Å². The van der Waals surface area contributed by atoms with Gasteiger partial charge in [-0.1, -0.05) is 18.2 Å². The number of benzene rings is 2. The van der Waals surface area contributed by atoms with Gasteiger partial charge in [-0.15, -0.1) is 24.0 Å². The molecule has 32 heavy (non-hydrogen) atoms. The van der Waals surface area contributed by atoms with Crippen molar-refractivity contribution in [2.24, 2.45) is 4.99 Å². The van der Waals surface area contributed by atoms with E-state index in [-0.39, 0.29) is 42.1 Å². The molecule has 0 fully saturated rings. The molecule has 10 heteroatoms. The number of H-pyrrole nitrogens is 1. The number of aromatic nitrogens is 1. The van der Waals surface area contributed by atoms with Gasteiger partial charge in [0.1, 0.15) is 5.82 Å². The quantitative estimate of drug-likeness (QED) is 0.231. The number of aromatic amines is 1. The highest BCUT2D eigenvalue weighted by atomic mass is 127. The number of rotatable bonds is 7. The van der Waals surface area contributed by atoms with Crippen LogP contribution in [-0.2, 0) is 22.9 Å². The molecule has 1 aliphatic rings. The maximum absolute atomic E-state index is 13.3. The maximum atomic E-state index is 13.3. The molecule has 0 radical (unpaired) electrons. The molecule has 0 aliphatic carbocycles. The summed E-state index contributed by atoms with van der Waals surface area (Å²) < 4.78 is 40.4. The third-order valence-corrected chi connectivity index (χ3v) is 7.24. The van der Waals surface area contributed by atoms with Gasteiger partial charge in [0.15, 0.2) is 5.96 Å². The fourth-order valence-corrected chi connectivity index (χ4v) is 5.33. The van der Waals surface area contributed by atoms with Crippen LogP contribution in [0, 0.1) is 5.82 Å². The minimum absolute atomic E-state index is 0. The Kier molecular flexibility index (Phi) is 7.99. The van der Waals surface area contributed by atoms with Crippen LogP contribution in [0.3, 0.4) is 0 Å². The van der Waals surface area contributed by atoms with Crippen LogP contribution in [0.25, 0.3) is 10.9 Å². The Hall–Kier alpha value is -2.34. The summed E-state index contributed by atoms with van der Waals surface area (Å²) in [5.41, 5.74) is 3.69. The van der Waals surface area contributed by atoms with Crippen LogP contribution in [0.1, 0.15) is 11.1 Å². The molecule has 0 spiro atoms. The maximum Gasteiger partial charge on any atom is 0.236 e. The second-order valence-corrected chi connectivity index (χ2v) is 9.46. The van der Waals surface area contributed by atoms with Crippen molar-refractivity contribution in [1.82, 2.24) is 15.6 Å². The summed E-state index contributed by atoms with van der Waals surface area (Å²) in [6, 6.07) is 12.3.